The lowest BCUT2D eigenvalue weighted by atomic mass is 10.0. The average molecular weight is 402 g/mol. The summed E-state index contributed by atoms with van der Waals surface area (Å²) in [7, 11) is 4.38. The lowest BCUT2D eigenvalue weighted by Crippen LogP contribution is -2.11. The molecular formula is C29H25N2+. The van der Waals surface area contributed by atoms with E-state index in [0.717, 1.165) is 12.8 Å². The summed E-state index contributed by atoms with van der Waals surface area (Å²) < 4.78 is 2.35. The highest BCUT2D eigenvalue weighted by Crippen LogP contribution is 2.39. The van der Waals surface area contributed by atoms with Crippen molar-refractivity contribution < 1.29 is 4.58 Å². The number of rotatable bonds is 2. The monoisotopic (exact) mass is 401 g/mol. The summed E-state index contributed by atoms with van der Waals surface area (Å²) in [6.07, 6.45) is 8.74. The van der Waals surface area contributed by atoms with E-state index in [2.05, 4.69) is 115 Å². The second-order valence-electron chi connectivity index (χ2n) is 8.57. The largest absolute Gasteiger partial charge is 0.347 e. The molecule has 0 bridgehead atoms. The van der Waals surface area contributed by atoms with Gasteiger partial charge in [-0.3, -0.25) is 0 Å². The topological polar surface area (TPSA) is 6.25 Å². The Morgan fingerprint density at radius 2 is 1.45 bits per heavy atom. The molecule has 0 unspecified atom stereocenters. The van der Waals surface area contributed by atoms with Gasteiger partial charge in [-0.15, -0.1) is 0 Å². The normalized spacial score (nSPS) is 16.8. The first-order chi connectivity index (χ1) is 15.2. The molecule has 0 saturated heterocycles. The van der Waals surface area contributed by atoms with E-state index >= 15 is 0 Å². The van der Waals surface area contributed by atoms with Crippen LogP contribution in [0.25, 0.3) is 21.5 Å². The first-order valence-corrected chi connectivity index (χ1v) is 10.9. The Morgan fingerprint density at radius 1 is 0.774 bits per heavy atom. The molecule has 2 heterocycles. The lowest BCUT2D eigenvalue weighted by molar-refractivity contribution is -0.399. The van der Waals surface area contributed by atoms with E-state index in [0.29, 0.717) is 0 Å². The van der Waals surface area contributed by atoms with E-state index in [9.17, 15) is 0 Å². The molecule has 4 aromatic rings. The van der Waals surface area contributed by atoms with Crippen molar-refractivity contribution in [2.45, 2.75) is 12.8 Å². The zero-order valence-electron chi connectivity index (χ0n) is 18.0. The lowest BCUT2D eigenvalue weighted by Gasteiger charge is -2.16. The van der Waals surface area contributed by atoms with Crippen LogP contribution in [-0.4, -0.2) is 24.4 Å². The van der Waals surface area contributed by atoms with Gasteiger partial charge in [0.1, 0.15) is 7.05 Å². The van der Waals surface area contributed by atoms with Gasteiger partial charge in [0.05, 0.1) is 17.5 Å². The van der Waals surface area contributed by atoms with Gasteiger partial charge in [0.25, 0.3) is 0 Å². The number of hydrogen-bond acceptors (Lipinski definition) is 1. The molecule has 0 fully saturated rings. The summed E-state index contributed by atoms with van der Waals surface area (Å²) >= 11 is 0. The Morgan fingerprint density at radius 3 is 2.26 bits per heavy atom. The average Bonchev–Trinajstić information content (AvgIpc) is 3.31. The first kappa shape index (κ1) is 18.1. The van der Waals surface area contributed by atoms with Crippen molar-refractivity contribution in [1.82, 2.24) is 0 Å². The molecule has 150 valence electrons. The third kappa shape index (κ3) is 2.83. The van der Waals surface area contributed by atoms with E-state index in [-0.39, 0.29) is 0 Å². The molecule has 2 aliphatic heterocycles. The number of anilines is 1. The standard InChI is InChI=1S/C29H25N2/c1-30-24(18-22-16-14-20-8-3-5-12-26(20)28(22)30)10-7-11-25-19-23-17-15-21-9-4-6-13-27(21)29(23)31(25)2/h3-17H,18-19H2,1-2H3/q+1. The minimum atomic E-state index is 0.983. The van der Waals surface area contributed by atoms with Crippen LogP contribution in [0, 0.1) is 0 Å². The molecule has 0 radical (unpaired) electrons. The fourth-order valence-electron chi connectivity index (χ4n) is 5.20. The highest BCUT2D eigenvalue weighted by molar-refractivity contribution is 6.02. The first-order valence-electron chi connectivity index (χ1n) is 10.9. The van der Waals surface area contributed by atoms with Crippen molar-refractivity contribution in [3.63, 3.8) is 0 Å². The van der Waals surface area contributed by atoms with Gasteiger partial charge in [-0.1, -0.05) is 72.8 Å². The molecule has 0 amide bonds. The molecule has 0 spiro atoms. The molecule has 31 heavy (non-hydrogen) atoms. The molecule has 0 aliphatic carbocycles. The minimum absolute atomic E-state index is 0.983. The quantitative estimate of drug-likeness (QED) is 0.352. The molecule has 2 heteroatoms. The molecule has 0 saturated carbocycles. The maximum atomic E-state index is 2.35. The summed E-state index contributed by atoms with van der Waals surface area (Å²) in [5.74, 6) is 0. The maximum absolute atomic E-state index is 2.35. The van der Waals surface area contributed by atoms with Crippen LogP contribution in [0.5, 0.6) is 0 Å². The Balaban J connectivity index is 1.32. The Kier molecular flexibility index (Phi) is 4.07. The predicted octanol–water partition coefficient (Wildman–Crippen LogP) is 6.40. The van der Waals surface area contributed by atoms with Gasteiger partial charge in [-0.2, -0.15) is 4.58 Å². The molecule has 6 rings (SSSR count). The molecular weight excluding hydrogens is 376 g/mol. The van der Waals surface area contributed by atoms with Gasteiger partial charge in [-0.05, 0) is 28.5 Å². The molecule has 2 aliphatic rings. The number of nitrogens with zero attached hydrogens (tertiary/aromatic N) is 2. The number of fused-ring (bicyclic) bond motifs is 6. The molecule has 0 atom stereocenters. The predicted molar refractivity (Wildman–Crippen MR) is 132 cm³/mol. The summed E-state index contributed by atoms with van der Waals surface area (Å²) in [5.41, 5.74) is 8.19. The third-order valence-electron chi connectivity index (χ3n) is 6.82. The second kappa shape index (κ2) is 6.95. The fourth-order valence-corrected chi connectivity index (χ4v) is 5.20. The van der Waals surface area contributed by atoms with Crippen molar-refractivity contribution in [2.75, 3.05) is 19.0 Å². The van der Waals surface area contributed by atoms with Crippen LogP contribution in [0.15, 0.2) is 96.7 Å². The summed E-state index contributed by atoms with van der Waals surface area (Å²) in [6.45, 7) is 0. The van der Waals surface area contributed by atoms with Crippen molar-refractivity contribution in [3.05, 3.63) is 108 Å². The maximum Gasteiger partial charge on any atom is 0.216 e. The van der Waals surface area contributed by atoms with Gasteiger partial charge in [0, 0.05) is 36.2 Å². The van der Waals surface area contributed by atoms with Crippen molar-refractivity contribution in [2.24, 2.45) is 0 Å². The molecule has 0 N–H and O–H groups in total. The van der Waals surface area contributed by atoms with Gasteiger partial charge >= 0.3 is 0 Å². The van der Waals surface area contributed by atoms with Crippen LogP contribution in [-0.2, 0) is 12.8 Å². The summed E-state index contributed by atoms with van der Waals surface area (Å²) in [6, 6.07) is 26.4. The fraction of sp³-hybridized carbons (Fsp3) is 0.138. The van der Waals surface area contributed by atoms with E-state index in [4.69, 9.17) is 0 Å². The molecule has 0 aromatic heterocycles. The SMILES string of the molecule is CN1C(=CC=CC2=[N+](C)c3c(ccc4ccccc34)C2)Cc2ccc3ccccc3c21. The second-order valence-corrected chi connectivity index (χ2v) is 8.57. The third-order valence-corrected chi connectivity index (χ3v) is 6.82. The Labute approximate surface area is 183 Å². The van der Waals surface area contributed by atoms with Gasteiger partial charge in [-0.25, -0.2) is 0 Å². The zero-order valence-corrected chi connectivity index (χ0v) is 18.0. The summed E-state index contributed by atoms with van der Waals surface area (Å²) in [4.78, 5) is 2.35. The van der Waals surface area contributed by atoms with E-state index in [1.807, 2.05) is 0 Å². The smallest absolute Gasteiger partial charge is 0.216 e. The molecule has 2 nitrogen and oxygen atoms in total. The van der Waals surface area contributed by atoms with Crippen LogP contribution in [0.4, 0.5) is 11.4 Å². The van der Waals surface area contributed by atoms with E-state index in [1.54, 1.807) is 0 Å². The Hall–Kier alpha value is -3.65. The van der Waals surface area contributed by atoms with E-state index < -0.39 is 0 Å². The van der Waals surface area contributed by atoms with Crippen LogP contribution in [0.2, 0.25) is 0 Å². The van der Waals surface area contributed by atoms with Crippen molar-refractivity contribution in [3.8, 4) is 0 Å². The van der Waals surface area contributed by atoms with Crippen LogP contribution in [0.1, 0.15) is 11.1 Å². The zero-order chi connectivity index (χ0) is 20.9. The van der Waals surface area contributed by atoms with Gasteiger partial charge in [0.15, 0.2) is 5.71 Å². The Bertz CT molecular complexity index is 1450. The highest BCUT2D eigenvalue weighted by atomic mass is 15.1. The molecule has 4 aromatic carbocycles. The van der Waals surface area contributed by atoms with Crippen molar-refractivity contribution >= 4 is 38.6 Å². The van der Waals surface area contributed by atoms with Gasteiger partial charge in [0.2, 0.25) is 5.69 Å². The number of allylic oxidation sites excluding steroid dienone is 4. The summed E-state index contributed by atoms with van der Waals surface area (Å²) in [5, 5.41) is 5.28. The number of hydrogen-bond donors (Lipinski definition) is 0. The number of likely N-dealkylation sites (N-methyl/N-ethyl adjacent to an activating group) is 1. The van der Waals surface area contributed by atoms with E-state index in [1.165, 1.54) is 55.5 Å². The van der Waals surface area contributed by atoms with Crippen LogP contribution in [0.3, 0.4) is 0 Å². The number of benzene rings is 4. The van der Waals surface area contributed by atoms with Gasteiger partial charge < -0.3 is 4.90 Å². The minimum Gasteiger partial charge on any atom is -0.347 e. The van der Waals surface area contributed by atoms with Crippen LogP contribution >= 0.6 is 0 Å². The highest BCUT2D eigenvalue weighted by Gasteiger charge is 2.27. The van der Waals surface area contributed by atoms with Crippen LogP contribution < -0.4 is 4.90 Å². The van der Waals surface area contributed by atoms with Crippen molar-refractivity contribution in [1.29, 1.82) is 0 Å².